The summed E-state index contributed by atoms with van der Waals surface area (Å²) < 4.78 is 0. The van der Waals surface area contributed by atoms with E-state index in [2.05, 4.69) is 18.3 Å². The van der Waals surface area contributed by atoms with Crippen LogP contribution in [0.5, 0.6) is 0 Å². The summed E-state index contributed by atoms with van der Waals surface area (Å²) in [4.78, 5) is 2.98. The number of hydrogen-bond donors (Lipinski definition) is 1. The maximum absolute atomic E-state index is 3.39. The summed E-state index contributed by atoms with van der Waals surface area (Å²) in [6.07, 6.45) is 2.58. The van der Waals surface area contributed by atoms with Crippen LogP contribution in [0.3, 0.4) is 0 Å². The van der Waals surface area contributed by atoms with Crippen LogP contribution in [-0.4, -0.2) is 6.54 Å². The molecule has 0 atom stereocenters. The third kappa shape index (κ3) is 0.926. The number of aryl methyl sites for hydroxylation is 2. The molecule has 0 fully saturated rings. The Morgan fingerprint density at radius 1 is 1.60 bits per heavy atom. The first-order valence-corrected chi connectivity index (χ1v) is 4.51. The number of thiophene rings is 1. The van der Waals surface area contributed by atoms with Crippen molar-refractivity contribution in [2.75, 3.05) is 11.9 Å². The molecule has 1 aliphatic rings. The van der Waals surface area contributed by atoms with Gasteiger partial charge in [0, 0.05) is 22.0 Å². The predicted octanol–water partition coefficient (Wildman–Crippen LogP) is 2.41. The molecule has 1 N–H and O–H groups in total. The molecule has 0 bridgehead atoms. The Bertz CT molecular complexity index is 216. The van der Waals surface area contributed by atoms with E-state index in [1.54, 1.807) is 4.88 Å². The number of hydrogen-bond acceptors (Lipinski definition) is 2. The average molecular weight is 153 g/mol. The Labute approximate surface area is 65.1 Å². The maximum atomic E-state index is 3.39. The fourth-order valence-electron chi connectivity index (χ4n) is 1.37. The van der Waals surface area contributed by atoms with Gasteiger partial charge in [-0.05, 0) is 25.8 Å². The highest BCUT2D eigenvalue weighted by molar-refractivity contribution is 7.12. The van der Waals surface area contributed by atoms with Crippen molar-refractivity contribution in [2.45, 2.75) is 19.8 Å². The second kappa shape index (κ2) is 2.27. The highest BCUT2D eigenvalue weighted by Gasteiger charge is 2.09. The number of rotatable bonds is 0. The summed E-state index contributed by atoms with van der Waals surface area (Å²) in [7, 11) is 0. The van der Waals surface area contributed by atoms with Crippen LogP contribution in [0.4, 0.5) is 5.69 Å². The van der Waals surface area contributed by atoms with Crippen molar-refractivity contribution in [2.24, 2.45) is 0 Å². The lowest BCUT2D eigenvalue weighted by Crippen LogP contribution is -2.08. The molecule has 0 radical (unpaired) electrons. The van der Waals surface area contributed by atoms with Gasteiger partial charge in [0.05, 0.1) is 0 Å². The third-order valence-electron chi connectivity index (χ3n) is 1.83. The van der Waals surface area contributed by atoms with Gasteiger partial charge in [0.25, 0.3) is 0 Å². The van der Waals surface area contributed by atoms with Crippen molar-refractivity contribution in [3.8, 4) is 0 Å². The first-order chi connectivity index (χ1) is 4.86. The first-order valence-electron chi connectivity index (χ1n) is 3.69. The van der Waals surface area contributed by atoms with E-state index in [0.717, 1.165) is 6.54 Å². The molecule has 0 aliphatic carbocycles. The number of nitrogens with one attached hydrogen (secondary N) is 1. The van der Waals surface area contributed by atoms with Gasteiger partial charge in [-0.2, -0.15) is 0 Å². The standard InChI is InChI=1S/C8H11NS/c1-6-5-7-8(10-6)3-2-4-9-7/h5,9H,2-4H2,1H3. The summed E-state index contributed by atoms with van der Waals surface area (Å²) in [5, 5.41) is 3.39. The van der Waals surface area contributed by atoms with Crippen LogP contribution in [0.15, 0.2) is 6.07 Å². The minimum absolute atomic E-state index is 1.16. The van der Waals surface area contributed by atoms with Crippen LogP contribution < -0.4 is 5.32 Å². The molecule has 1 aliphatic heterocycles. The fourth-order valence-corrected chi connectivity index (χ4v) is 2.42. The summed E-state index contributed by atoms with van der Waals surface area (Å²) in [5.41, 5.74) is 1.38. The normalized spacial score (nSPS) is 16.1. The molecule has 1 nitrogen and oxygen atoms in total. The SMILES string of the molecule is Cc1cc2c(s1)CCCN2. The molecule has 0 spiro atoms. The van der Waals surface area contributed by atoms with Crippen LogP contribution >= 0.6 is 11.3 Å². The fraction of sp³-hybridized carbons (Fsp3) is 0.500. The zero-order valence-corrected chi connectivity index (χ0v) is 6.92. The van der Waals surface area contributed by atoms with Crippen molar-refractivity contribution in [3.05, 3.63) is 15.8 Å². The highest BCUT2D eigenvalue weighted by Crippen LogP contribution is 2.30. The van der Waals surface area contributed by atoms with Gasteiger partial charge < -0.3 is 5.32 Å². The van der Waals surface area contributed by atoms with Crippen LogP contribution in [-0.2, 0) is 6.42 Å². The van der Waals surface area contributed by atoms with Crippen molar-refractivity contribution < 1.29 is 0 Å². The van der Waals surface area contributed by atoms with Gasteiger partial charge in [-0.3, -0.25) is 0 Å². The summed E-state index contributed by atoms with van der Waals surface area (Å²) in [6.45, 7) is 3.33. The quantitative estimate of drug-likeness (QED) is 0.603. The van der Waals surface area contributed by atoms with E-state index >= 15 is 0 Å². The average Bonchev–Trinajstić information content (AvgIpc) is 2.27. The lowest BCUT2D eigenvalue weighted by atomic mass is 10.2. The van der Waals surface area contributed by atoms with E-state index in [4.69, 9.17) is 0 Å². The summed E-state index contributed by atoms with van der Waals surface area (Å²) >= 11 is 1.93. The largest absolute Gasteiger partial charge is 0.384 e. The monoisotopic (exact) mass is 153 g/mol. The second-order valence-electron chi connectivity index (χ2n) is 2.72. The molecule has 1 aromatic rings. The summed E-state index contributed by atoms with van der Waals surface area (Å²) in [5.74, 6) is 0. The van der Waals surface area contributed by atoms with Crippen LogP contribution in [0, 0.1) is 6.92 Å². The number of fused-ring (bicyclic) bond motifs is 1. The topological polar surface area (TPSA) is 12.0 Å². The molecule has 54 valence electrons. The first kappa shape index (κ1) is 6.23. The van der Waals surface area contributed by atoms with Crippen molar-refractivity contribution >= 4 is 17.0 Å². The zero-order chi connectivity index (χ0) is 6.97. The van der Waals surface area contributed by atoms with Gasteiger partial charge in [0.15, 0.2) is 0 Å². The molecule has 2 heteroatoms. The highest BCUT2D eigenvalue weighted by atomic mass is 32.1. The van der Waals surface area contributed by atoms with Gasteiger partial charge in [-0.25, -0.2) is 0 Å². The van der Waals surface area contributed by atoms with Crippen molar-refractivity contribution in [1.29, 1.82) is 0 Å². The lowest BCUT2D eigenvalue weighted by molar-refractivity contribution is 0.845. The molecule has 0 saturated carbocycles. The van der Waals surface area contributed by atoms with Crippen LogP contribution in [0.25, 0.3) is 0 Å². The number of anilines is 1. The Balaban J connectivity index is 2.41. The van der Waals surface area contributed by atoms with Gasteiger partial charge in [-0.15, -0.1) is 11.3 Å². The van der Waals surface area contributed by atoms with E-state index in [-0.39, 0.29) is 0 Å². The zero-order valence-electron chi connectivity index (χ0n) is 6.11. The Morgan fingerprint density at radius 2 is 2.50 bits per heavy atom. The molecular formula is C8H11NS. The Morgan fingerprint density at radius 3 is 3.30 bits per heavy atom. The summed E-state index contributed by atoms with van der Waals surface area (Å²) in [6, 6.07) is 2.25. The van der Waals surface area contributed by atoms with Gasteiger partial charge in [-0.1, -0.05) is 0 Å². The van der Waals surface area contributed by atoms with E-state index in [0.29, 0.717) is 0 Å². The lowest BCUT2D eigenvalue weighted by Gasteiger charge is -2.12. The van der Waals surface area contributed by atoms with E-state index in [1.165, 1.54) is 23.4 Å². The van der Waals surface area contributed by atoms with E-state index in [9.17, 15) is 0 Å². The maximum Gasteiger partial charge on any atom is 0.0484 e. The molecule has 10 heavy (non-hydrogen) atoms. The Hall–Kier alpha value is -0.500. The Kier molecular flexibility index (Phi) is 1.42. The van der Waals surface area contributed by atoms with Gasteiger partial charge in [0.2, 0.25) is 0 Å². The molecule has 0 unspecified atom stereocenters. The second-order valence-corrected chi connectivity index (χ2v) is 4.07. The van der Waals surface area contributed by atoms with Gasteiger partial charge >= 0.3 is 0 Å². The molecule has 0 saturated heterocycles. The molecular weight excluding hydrogens is 142 g/mol. The van der Waals surface area contributed by atoms with Crippen molar-refractivity contribution in [1.82, 2.24) is 0 Å². The molecule has 0 aromatic carbocycles. The van der Waals surface area contributed by atoms with Crippen LogP contribution in [0.1, 0.15) is 16.2 Å². The minimum Gasteiger partial charge on any atom is -0.384 e. The van der Waals surface area contributed by atoms with Crippen molar-refractivity contribution in [3.63, 3.8) is 0 Å². The van der Waals surface area contributed by atoms with Crippen LogP contribution in [0.2, 0.25) is 0 Å². The van der Waals surface area contributed by atoms with E-state index < -0.39 is 0 Å². The smallest absolute Gasteiger partial charge is 0.0484 e. The predicted molar refractivity (Wildman–Crippen MR) is 45.9 cm³/mol. The molecule has 2 rings (SSSR count). The molecule has 1 aromatic heterocycles. The minimum atomic E-state index is 1.16. The molecule has 0 amide bonds. The molecule has 2 heterocycles. The third-order valence-corrected chi connectivity index (χ3v) is 2.94. The van der Waals surface area contributed by atoms with Gasteiger partial charge in [0.1, 0.15) is 0 Å². The van der Waals surface area contributed by atoms with E-state index in [1.807, 2.05) is 11.3 Å².